The smallest absolute Gasteiger partial charge is 0.445 e. The molecule has 0 saturated carbocycles. The summed E-state index contributed by atoms with van der Waals surface area (Å²) in [5, 5.41) is 0. The molecule has 0 atom stereocenters. The zero-order chi connectivity index (χ0) is 23.8. The third-order valence-electron chi connectivity index (χ3n) is 4.83. The van der Waals surface area contributed by atoms with Crippen molar-refractivity contribution in [3.63, 3.8) is 0 Å². The van der Waals surface area contributed by atoms with E-state index in [-0.39, 0.29) is 16.4 Å². The fraction of sp³-hybridized carbons (Fsp3) is 0.100. The second-order valence-corrected chi connectivity index (χ2v) is 7.21. The Balaban J connectivity index is 1.72. The number of hydrogen-bond acceptors (Lipinski definition) is 3. The summed E-state index contributed by atoms with van der Waals surface area (Å²) in [5.74, 6) is -0.627. The van der Waals surface area contributed by atoms with Crippen molar-refractivity contribution in [2.45, 2.75) is 12.4 Å². The molecule has 0 bridgehead atoms. The minimum atomic E-state index is -4.64. The van der Waals surface area contributed by atoms with Crippen LogP contribution in [-0.4, -0.2) is 21.4 Å². The summed E-state index contributed by atoms with van der Waals surface area (Å²) >= 11 is 0. The Kier molecular flexibility index (Phi) is 6.30. The lowest BCUT2D eigenvalue weighted by Crippen LogP contribution is -2.61. The van der Waals surface area contributed by atoms with Crippen molar-refractivity contribution in [2.24, 2.45) is 0 Å². The molecule has 1 saturated heterocycles. The molecule has 1 aliphatic heterocycles. The largest absolute Gasteiger partial charge is 0.467 e. The van der Waals surface area contributed by atoms with Gasteiger partial charge < -0.3 is 13.7 Å². The molecular weight excluding hydrogens is 454 g/mol. The predicted octanol–water partition coefficient (Wildman–Crippen LogP) is 3.41. The van der Waals surface area contributed by atoms with Crippen LogP contribution in [0, 0.1) is 5.82 Å². The maximum absolute atomic E-state index is 13.7. The fourth-order valence-electron chi connectivity index (χ4n) is 3.28. The number of alkyl halides is 6. The summed E-state index contributed by atoms with van der Waals surface area (Å²) < 4.78 is 110. The molecule has 33 heavy (non-hydrogen) atoms. The van der Waals surface area contributed by atoms with Gasteiger partial charge in [-0.05, 0) is 28.5 Å². The molecule has 0 N–H and O–H groups in total. The van der Waals surface area contributed by atoms with Gasteiger partial charge in [-0.25, -0.2) is 4.39 Å². The number of benzene rings is 3. The fourth-order valence-corrected chi connectivity index (χ4v) is 3.28. The zero-order valence-electron chi connectivity index (χ0n) is 16.5. The van der Waals surface area contributed by atoms with Gasteiger partial charge in [-0.3, -0.25) is 0 Å². The molecule has 0 aliphatic carbocycles. The summed E-state index contributed by atoms with van der Waals surface area (Å²) in [5.41, 5.74) is -1.82. The van der Waals surface area contributed by atoms with Gasteiger partial charge in [-0.15, -0.1) is 0 Å². The molecular formula is C20H12B3F7O3. The van der Waals surface area contributed by atoms with Gasteiger partial charge in [0.25, 0.3) is 0 Å². The van der Waals surface area contributed by atoms with Gasteiger partial charge in [0.15, 0.2) is 0 Å². The van der Waals surface area contributed by atoms with Gasteiger partial charge in [0, 0.05) is 0 Å². The molecule has 1 heterocycles. The Morgan fingerprint density at radius 3 is 1.24 bits per heavy atom. The monoisotopic (exact) mass is 466 g/mol. The molecule has 3 aromatic carbocycles. The predicted molar refractivity (Wildman–Crippen MR) is 109 cm³/mol. The van der Waals surface area contributed by atoms with E-state index in [0.29, 0.717) is 0 Å². The average molecular weight is 466 g/mol. The Hall–Kier alpha value is -2.76. The van der Waals surface area contributed by atoms with Crippen molar-refractivity contribution in [3.05, 3.63) is 89.7 Å². The van der Waals surface area contributed by atoms with Gasteiger partial charge in [0.1, 0.15) is 5.82 Å². The van der Waals surface area contributed by atoms with Gasteiger partial charge in [0.05, 0.1) is 11.1 Å². The van der Waals surface area contributed by atoms with E-state index in [1.165, 1.54) is 24.3 Å². The summed E-state index contributed by atoms with van der Waals surface area (Å²) in [7, 11) is -4.20. The average Bonchev–Trinajstić information content (AvgIpc) is 2.78. The first kappa shape index (κ1) is 23.4. The van der Waals surface area contributed by atoms with E-state index < -0.39 is 50.7 Å². The maximum atomic E-state index is 13.7. The van der Waals surface area contributed by atoms with Gasteiger partial charge in [-0.2, -0.15) is 26.3 Å². The first-order valence-electron chi connectivity index (χ1n) is 9.57. The maximum Gasteiger partial charge on any atom is 0.467 e. The van der Waals surface area contributed by atoms with Crippen molar-refractivity contribution in [2.75, 3.05) is 0 Å². The molecule has 1 aliphatic rings. The molecule has 0 radical (unpaired) electrons. The van der Waals surface area contributed by atoms with Crippen LogP contribution < -0.4 is 16.4 Å². The number of hydrogen-bond donors (Lipinski definition) is 0. The minimum absolute atomic E-state index is 0.0356. The Morgan fingerprint density at radius 2 is 0.879 bits per heavy atom. The molecule has 0 unspecified atom stereocenters. The van der Waals surface area contributed by atoms with Crippen molar-refractivity contribution >= 4 is 37.7 Å². The van der Waals surface area contributed by atoms with Crippen LogP contribution in [0.4, 0.5) is 30.7 Å². The molecule has 3 aromatic rings. The number of rotatable bonds is 3. The molecule has 0 spiro atoms. The zero-order valence-corrected chi connectivity index (χ0v) is 16.5. The third-order valence-corrected chi connectivity index (χ3v) is 4.83. The molecule has 1 fully saturated rings. The van der Waals surface area contributed by atoms with Crippen LogP contribution in [0.25, 0.3) is 0 Å². The lowest BCUT2D eigenvalue weighted by atomic mass is 9.61. The van der Waals surface area contributed by atoms with E-state index in [0.717, 1.165) is 48.5 Å². The second-order valence-electron chi connectivity index (χ2n) is 7.21. The van der Waals surface area contributed by atoms with E-state index in [9.17, 15) is 30.7 Å². The van der Waals surface area contributed by atoms with Gasteiger partial charge >= 0.3 is 33.7 Å². The lowest BCUT2D eigenvalue weighted by Gasteiger charge is -2.32. The summed E-state index contributed by atoms with van der Waals surface area (Å²) in [4.78, 5) is 0. The molecule has 13 heteroatoms. The highest BCUT2D eigenvalue weighted by Gasteiger charge is 2.45. The van der Waals surface area contributed by atoms with Crippen LogP contribution in [0.1, 0.15) is 11.1 Å². The summed E-state index contributed by atoms with van der Waals surface area (Å²) in [6.07, 6.45) is -9.27. The van der Waals surface area contributed by atoms with Crippen LogP contribution >= 0.6 is 0 Å². The highest BCUT2D eigenvalue weighted by Crippen LogP contribution is 2.29. The lowest BCUT2D eigenvalue weighted by molar-refractivity contribution is -0.138. The minimum Gasteiger partial charge on any atom is -0.445 e. The van der Waals surface area contributed by atoms with Crippen LogP contribution in [0.5, 0.6) is 0 Å². The van der Waals surface area contributed by atoms with Crippen LogP contribution in [0.2, 0.25) is 0 Å². The quantitative estimate of drug-likeness (QED) is 0.438. The Labute approximate surface area is 184 Å². The van der Waals surface area contributed by atoms with E-state index in [2.05, 4.69) is 0 Å². The summed E-state index contributed by atoms with van der Waals surface area (Å²) in [6.45, 7) is 0. The van der Waals surface area contributed by atoms with Crippen molar-refractivity contribution in [1.82, 2.24) is 0 Å². The molecule has 4 rings (SSSR count). The van der Waals surface area contributed by atoms with Gasteiger partial charge in [0.2, 0.25) is 0 Å². The van der Waals surface area contributed by atoms with Crippen molar-refractivity contribution in [1.29, 1.82) is 0 Å². The van der Waals surface area contributed by atoms with Crippen LogP contribution in [0.3, 0.4) is 0 Å². The first-order valence-corrected chi connectivity index (χ1v) is 9.57. The molecule has 3 nitrogen and oxygen atoms in total. The van der Waals surface area contributed by atoms with Crippen molar-refractivity contribution in [3.8, 4) is 0 Å². The Morgan fingerprint density at radius 1 is 0.515 bits per heavy atom. The Bertz CT molecular complexity index is 1070. The SMILES string of the molecule is Fc1cccc(B2OB(c3cccc(C(F)(F)F)c3)OB(c3cccc(C(F)(F)F)c3)O2)c1. The molecule has 0 aromatic heterocycles. The van der Waals surface area contributed by atoms with E-state index in [1.54, 1.807) is 0 Å². The first-order chi connectivity index (χ1) is 15.5. The molecule has 168 valence electrons. The normalized spacial score (nSPS) is 15.2. The topological polar surface area (TPSA) is 27.7 Å². The molecule has 0 amide bonds. The van der Waals surface area contributed by atoms with Crippen LogP contribution in [-0.2, 0) is 26.1 Å². The van der Waals surface area contributed by atoms with Crippen molar-refractivity contribution < 1.29 is 44.4 Å². The standard InChI is InChI=1S/C20H12B3F7O3/c24-18-9-3-8-17(12-18)23-32-21(15-6-1-4-13(10-15)19(25,26)27)31-22(33-23)16-7-2-5-14(11-16)20(28,29)30/h1-12H. The van der Waals surface area contributed by atoms with E-state index in [1.807, 2.05) is 0 Å². The third kappa shape index (κ3) is 5.43. The highest BCUT2D eigenvalue weighted by atomic mass is 19.4. The highest BCUT2D eigenvalue weighted by molar-refractivity contribution is 6.87. The van der Waals surface area contributed by atoms with Crippen LogP contribution in [0.15, 0.2) is 72.8 Å². The van der Waals surface area contributed by atoms with E-state index >= 15 is 0 Å². The summed E-state index contributed by atoms with van der Waals surface area (Å²) in [6, 6.07) is 13.3. The van der Waals surface area contributed by atoms with Gasteiger partial charge in [-0.1, -0.05) is 60.7 Å². The second kappa shape index (κ2) is 8.88. The van der Waals surface area contributed by atoms with E-state index in [4.69, 9.17) is 13.7 Å². The number of halogens is 7.